The minimum Gasteiger partial charge on any atom is -0.423 e. The number of hydrogen-bond donors (Lipinski definition) is 0. The number of rotatable bonds is 7. The molecular weight excluding hydrogens is 627 g/mol. The summed E-state index contributed by atoms with van der Waals surface area (Å²) in [5.41, 5.74) is 0.349. The number of amides is 3. The van der Waals surface area contributed by atoms with Crippen molar-refractivity contribution in [2.45, 2.75) is 6.42 Å². The first-order valence-corrected chi connectivity index (χ1v) is 15.2. The molecule has 1 heterocycles. The van der Waals surface area contributed by atoms with Crippen LogP contribution in [-0.4, -0.2) is 46.0 Å². The highest BCUT2D eigenvalue weighted by Crippen LogP contribution is 2.65. The van der Waals surface area contributed by atoms with Crippen molar-refractivity contribution in [3.05, 3.63) is 111 Å². The van der Waals surface area contributed by atoms with Crippen LogP contribution in [0.4, 0.5) is 0 Å². The molecule has 3 fully saturated rings. The first-order chi connectivity index (χ1) is 21.1. The van der Waals surface area contributed by atoms with Crippen LogP contribution in [0.2, 0.25) is 15.1 Å². The number of ether oxygens (including phenoxy) is 1. The minimum absolute atomic E-state index is 0.0533. The lowest BCUT2D eigenvalue weighted by Crippen LogP contribution is -2.52. The summed E-state index contributed by atoms with van der Waals surface area (Å²) in [6.45, 7) is -0.587. The van der Waals surface area contributed by atoms with Gasteiger partial charge in [0.2, 0.25) is 0 Å². The summed E-state index contributed by atoms with van der Waals surface area (Å²) in [4.78, 5) is 67.8. The van der Waals surface area contributed by atoms with E-state index in [1.807, 2.05) is 12.2 Å². The predicted octanol–water partition coefficient (Wildman–Crippen LogP) is 6.16. The second-order valence-corrected chi connectivity index (χ2v) is 12.7. The van der Waals surface area contributed by atoms with Gasteiger partial charge < -0.3 is 4.74 Å². The quantitative estimate of drug-likeness (QED) is 0.1000. The summed E-state index contributed by atoms with van der Waals surface area (Å²) < 4.78 is 5.39. The van der Waals surface area contributed by atoms with Gasteiger partial charge in [-0.25, -0.2) is 9.80 Å². The molecule has 3 aromatic rings. The molecule has 8 nitrogen and oxygen atoms in total. The van der Waals surface area contributed by atoms with E-state index in [1.54, 1.807) is 12.1 Å². The van der Waals surface area contributed by atoms with E-state index in [0.29, 0.717) is 16.9 Å². The summed E-state index contributed by atoms with van der Waals surface area (Å²) >= 11 is 18.3. The molecular formula is C33H23Cl3N2O6. The topological polar surface area (TPSA) is 101 Å². The molecule has 4 aliphatic carbocycles. The summed E-state index contributed by atoms with van der Waals surface area (Å²) in [5, 5.41) is 2.43. The lowest BCUT2D eigenvalue weighted by Gasteiger charge is -2.37. The monoisotopic (exact) mass is 648 g/mol. The Bertz CT molecular complexity index is 1750. The van der Waals surface area contributed by atoms with E-state index in [-0.39, 0.29) is 44.3 Å². The average molecular weight is 650 g/mol. The van der Waals surface area contributed by atoms with Crippen LogP contribution in [0.25, 0.3) is 0 Å². The van der Waals surface area contributed by atoms with Gasteiger partial charge in [-0.05, 0) is 84.7 Å². The molecule has 0 radical (unpaired) electrons. The maximum absolute atomic E-state index is 13.9. The fraction of sp³-hybridized carbons (Fsp3) is 0.242. The van der Waals surface area contributed by atoms with Crippen LogP contribution >= 0.6 is 34.8 Å². The number of allylic oxidation sites excluding steroid dienone is 2. The standard InChI is InChI=1S/C33H23Cl3N2O6/c34-17-7-10-22(26(36)13-17)33(43)44-18-8-5-16(6-9-18)27(39)15-37(30(40)21-3-1-2-4-25(21)35)38-31(41)28-19-11-12-20(24-14-23(19)24)29(28)32(38)42/h1-13,19-20,23-24,28-29H,14-15H2/t19-,20-,23-,24-,28+,29+/m0/s1. The van der Waals surface area contributed by atoms with Crippen LogP contribution in [0.15, 0.2) is 78.9 Å². The van der Waals surface area contributed by atoms with E-state index in [1.165, 1.54) is 54.6 Å². The molecule has 222 valence electrons. The van der Waals surface area contributed by atoms with Gasteiger partial charge in [0.25, 0.3) is 17.7 Å². The van der Waals surface area contributed by atoms with E-state index in [0.717, 1.165) is 16.4 Å². The number of benzene rings is 3. The van der Waals surface area contributed by atoms with Crippen LogP contribution in [0, 0.1) is 35.5 Å². The number of Topliss-reactive ketones (excluding diaryl/α,β-unsaturated/α-hetero) is 1. The molecule has 2 bridgehead atoms. The van der Waals surface area contributed by atoms with E-state index >= 15 is 0 Å². The second-order valence-electron chi connectivity index (χ2n) is 11.4. The van der Waals surface area contributed by atoms with Crippen LogP contribution in [0.1, 0.15) is 37.5 Å². The fourth-order valence-electron chi connectivity index (χ4n) is 6.94. The number of carbonyl (C=O) groups excluding carboxylic acids is 5. The molecule has 0 unspecified atom stereocenters. The lowest BCUT2D eigenvalue weighted by atomic mass is 9.63. The van der Waals surface area contributed by atoms with Gasteiger partial charge in [-0.2, -0.15) is 5.01 Å². The predicted molar refractivity (Wildman–Crippen MR) is 161 cm³/mol. The molecule has 2 saturated carbocycles. The van der Waals surface area contributed by atoms with Gasteiger partial charge in [-0.1, -0.05) is 59.1 Å². The lowest BCUT2D eigenvalue weighted by molar-refractivity contribution is -0.154. The SMILES string of the molecule is O=C(CN(C(=O)c1ccccc1Cl)N1C(=O)[C@@H]2[C@H]3C=C[C@@H]([C@@H]4C[C@@H]34)[C@H]2C1=O)c1ccc(OC(=O)c2ccc(Cl)cc2Cl)cc1. The van der Waals surface area contributed by atoms with Crippen molar-refractivity contribution in [2.75, 3.05) is 6.54 Å². The fourth-order valence-corrected chi connectivity index (χ4v) is 7.64. The van der Waals surface area contributed by atoms with Gasteiger partial charge in [-0.3, -0.25) is 19.2 Å². The minimum atomic E-state index is -0.736. The Balaban J connectivity index is 1.14. The van der Waals surface area contributed by atoms with Crippen LogP contribution in [0.3, 0.4) is 0 Å². The number of ketones is 1. The van der Waals surface area contributed by atoms with Gasteiger partial charge >= 0.3 is 5.97 Å². The smallest absolute Gasteiger partial charge is 0.345 e. The normalized spacial score (nSPS) is 25.8. The third-order valence-corrected chi connectivity index (χ3v) is 9.93. The van der Waals surface area contributed by atoms with Crippen LogP contribution in [-0.2, 0) is 9.59 Å². The number of carbonyl (C=O) groups is 5. The number of nitrogens with zero attached hydrogens (tertiary/aromatic N) is 2. The highest BCUT2D eigenvalue weighted by atomic mass is 35.5. The zero-order valence-electron chi connectivity index (χ0n) is 22.9. The first-order valence-electron chi connectivity index (χ1n) is 14.1. The molecule has 8 rings (SSSR count). The van der Waals surface area contributed by atoms with E-state index in [9.17, 15) is 24.0 Å². The highest BCUT2D eigenvalue weighted by molar-refractivity contribution is 6.36. The third kappa shape index (κ3) is 4.72. The van der Waals surface area contributed by atoms with Crippen molar-refractivity contribution >= 4 is 64.3 Å². The maximum atomic E-state index is 13.9. The summed E-state index contributed by atoms with van der Waals surface area (Å²) in [6.07, 6.45) is 5.07. The van der Waals surface area contributed by atoms with Gasteiger partial charge in [0, 0.05) is 10.6 Å². The molecule has 0 N–H and O–H groups in total. The highest BCUT2D eigenvalue weighted by Gasteiger charge is 2.68. The molecule has 11 heteroatoms. The van der Waals surface area contributed by atoms with E-state index in [4.69, 9.17) is 39.5 Å². The summed E-state index contributed by atoms with van der Waals surface area (Å²) in [7, 11) is 0. The maximum Gasteiger partial charge on any atom is 0.345 e. The molecule has 3 amide bonds. The Morgan fingerprint density at radius 1 is 0.795 bits per heavy atom. The second kappa shape index (κ2) is 10.9. The van der Waals surface area contributed by atoms with Crippen molar-refractivity contribution in [2.24, 2.45) is 35.5 Å². The molecule has 1 saturated heterocycles. The van der Waals surface area contributed by atoms with Gasteiger partial charge in [0.05, 0.1) is 33.0 Å². The summed E-state index contributed by atoms with van der Waals surface area (Å²) in [6, 6.07) is 16.3. The Morgan fingerprint density at radius 3 is 2.05 bits per heavy atom. The Kier molecular flexibility index (Phi) is 7.11. The van der Waals surface area contributed by atoms with Crippen molar-refractivity contribution in [1.82, 2.24) is 10.0 Å². The zero-order valence-corrected chi connectivity index (χ0v) is 25.1. The van der Waals surface area contributed by atoms with Gasteiger partial charge in [0.15, 0.2) is 5.78 Å². The number of halogens is 3. The van der Waals surface area contributed by atoms with Crippen molar-refractivity contribution in [3.63, 3.8) is 0 Å². The first kappa shape index (κ1) is 28.8. The van der Waals surface area contributed by atoms with Crippen LogP contribution in [0.5, 0.6) is 5.75 Å². The Labute approximate surface area is 267 Å². The van der Waals surface area contributed by atoms with Crippen molar-refractivity contribution in [3.8, 4) is 5.75 Å². The van der Waals surface area contributed by atoms with E-state index < -0.39 is 47.9 Å². The third-order valence-electron chi connectivity index (χ3n) is 9.05. The number of hydrazine groups is 1. The van der Waals surface area contributed by atoms with Crippen LogP contribution < -0.4 is 4.74 Å². The Hall–Kier alpha value is -3.98. The van der Waals surface area contributed by atoms with Gasteiger partial charge in [0.1, 0.15) is 12.3 Å². The van der Waals surface area contributed by atoms with Crippen molar-refractivity contribution < 1.29 is 28.7 Å². The molecule has 3 aromatic carbocycles. The molecule has 1 aliphatic heterocycles. The Morgan fingerprint density at radius 2 is 1.43 bits per heavy atom. The number of imide groups is 1. The van der Waals surface area contributed by atoms with Gasteiger partial charge in [-0.15, -0.1) is 0 Å². The molecule has 44 heavy (non-hydrogen) atoms. The summed E-state index contributed by atoms with van der Waals surface area (Å²) in [5.74, 6) is -3.24. The average Bonchev–Trinajstić information content (AvgIpc) is 3.79. The molecule has 5 aliphatic rings. The van der Waals surface area contributed by atoms with E-state index in [2.05, 4.69) is 0 Å². The molecule has 6 atom stereocenters. The largest absolute Gasteiger partial charge is 0.423 e. The molecule has 0 aromatic heterocycles. The zero-order chi connectivity index (χ0) is 30.9. The molecule has 0 spiro atoms. The number of esters is 1. The number of hydrogen-bond acceptors (Lipinski definition) is 6. The van der Waals surface area contributed by atoms with Crippen molar-refractivity contribution in [1.29, 1.82) is 0 Å².